The number of ether oxygens (including phenoxy) is 1. The highest BCUT2D eigenvalue weighted by atomic mass is 32.2. The zero-order valence-corrected chi connectivity index (χ0v) is 14.5. The molecule has 9 nitrogen and oxygen atoms in total. The number of H-pyrrole nitrogens is 1. The minimum atomic E-state index is -3.68. The van der Waals surface area contributed by atoms with Crippen LogP contribution in [0.15, 0.2) is 46.1 Å². The molecule has 0 bridgehead atoms. The Kier molecular flexibility index (Phi) is 6.02. The Morgan fingerprint density at radius 3 is 2.48 bits per heavy atom. The average Bonchev–Trinajstić information content (AvgIpc) is 2.55. The number of benzene rings is 1. The van der Waals surface area contributed by atoms with E-state index < -0.39 is 21.5 Å². The fourth-order valence-corrected chi connectivity index (χ4v) is 3.23. The van der Waals surface area contributed by atoms with Crippen LogP contribution in [0.2, 0.25) is 0 Å². The molecule has 0 aliphatic carbocycles. The van der Waals surface area contributed by atoms with Crippen LogP contribution in [0.5, 0.6) is 0 Å². The molecule has 1 atom stereocenters. The summed E-state index contributed by atoms with van der Waals surface area (Å²) in [6.45, 7) is 1.94. The first-order valence-corrected chi connectivity index (χ1v) is 8.78. The Bertz CT molecular complexity index is 872. The third kappa shape index (κ3) is 5.21. The second-order valence-corrected chi connectivity index (χ2v) is 6.98. The Balaban J connectivity index is 2.07. The number of aromatic nitrogens is 2. The zero-order valence-electron chi connectivity index (χ0n) is 13.6. The number of amides is 1. The first kappa shape index (κ1) is 18.8. The Labute approximate surface area is 144 Å². The second kappa shape index (κ2) is 8.01. The summed E-state index contributed by atoms with van der Waals surface area (Å²) >= 11 is 0. The van der Waals surface area contributed by atoms with Gasteiger partial charge in [-0.1, -0.05) is 0 Å². The lowest BCUT2D eigenvalue weighted by Crippen LogP contribution is -2.35. The van der Waals surface area contributed by atoms with Crippen molar-refractivity contribution in [2.24, 2.45) is 0 Å². The molecule has 1 aromatic carbocycles. The monoisotopic (exact) mass is 366 g/mol. The highest BCUT2D eigenvalue weighted by molar-refractivity contribution is 7.89. The topological polar surface area (TPSA) is 130 Å². The first-order valence-electron chi connectivity index (χ1n) is 7.30. The molecular formula is C15H18N4O5S. The summed E-state index contributed by atoms with van der Waals surface area (Å²) in [6.07, 6.45) is 0. The summed E-state index contributed by atoms with van der Waals surface area (Å²) in [4.78, 5) is 23.0. The number of hydrogen-bond donors (Lipinski definition) is 3. The lowest BCUT2D eigenvalue weighted by Gasteiger charge is -2.13. The highest BCUT2D eigenvalue weighted by Gasteiger charge is 2.17. The molecule has 0 unspecified atom stereocenters. The number of aromatic amines is 1. The van der Waals surface area contributed by atoms with E-state index in [1.807, 2.05) is 0 Å². The van der Waals surface area contributed by atoms with Gasteiger partial charge in [0, 0.05) is 24.9 Å². The lowest BCUT2D eigenvalue weighted by atomic mass is 10.3. The van der Waals surface area contributed by atoms with Crippen LogP contribution < -0.4 is 15.6 Å². The van der Waals surface area contributed by atoms with Crippen LogP contribution in [0.25, 0.3) is 0 Å². The normalized spacial score (nSPS) is 12.6. The number of rotatable bonds is 7. The molecule has 1 heterocycles. The largest absolute Gasteiger partial charge is 0.383 e. The van der Waals surface area contributed by atoms with Crippen LogP contribution in [-0.2, 0) is 14.8 Å². The van der Waals surface area contributed by atoms with Crippen molar-refractivity contribution in [1.82, 2.24) is 14.9 Å². The Hall–Kier alpha value is -2.56. The third-order valence-electron chi connectivity index (χ3n) is 3.11. The maximum Gasteiger partial charge on any atom is 0.276 e. The quantitative estimate of drug-likeness (QED) is 0.648. The summed E-state index contributed by atoms with van der Waals surface area (Å²) < 4.78 is 31.8. The van der Waals surface area contributed by atoms with E-state index in [0.717, 1.165) is 0 Å². The molecule has 25 heavy (non-hydrogen) atoms. The number of methoxy groups -OCH3 is 1. The minimum absolute atomic E-state index is 0.0337. The standard InChI is InChI=1S/C15H18N4O5S/c1-10(9-24-2)19-25(22,23)12-5-3-11(4-6-12)16-15(21)13-7-8-14(20)18-17-13/h3-8,10,19H,9H2,1-2H3,(H,16,21)(H,18,20)/t10-/m0/s1. The van der Waals surface area contributed by atoms with Gasteiger partial charge in [-0.05, 0) is 37.3 Å². The third-order valence-corrected chi connectivity index (χ3v) is 4.71. The summed E-state index contributed by atoms with van der Waals surface area (Å²) in [7, 11) is -2.19. The molecule has 134 valence electrons. The Morgan fingerprint density at radius 1 is 1.24 bits per heavy atom. The number of carbonyl (C=O) groups is 1. The molecule has 0 aliphatic heterocycles. The molecule has 0 aliphatic rings. The number of hydrogen-bond acceptors (Lipinski definition) is 6. The van der Waals surface area contributed by atoms with E-state index in [1.165, 1.54) is 43.5 Å². The van der Waals surface area contributed by atoms with Crippen LogP contribution in [0.4, 0.5) is 5.69 Å². The highest BCUT2D eigenvalue weighted by Crippen LogP contribution is 2.15. The van der Waals surface area contributed by atoms with E-state index in [2.05, 4.69) is 20.2 Å². The molecule has 0 fully saturated rings. The van der Waals surface area contributed by atoms with Crippen LogP contribution in [0.1, 0.15) is 17.4 Å². The van der Waals surface area contributed by atoms with Crippen molar-refractivity contribution >= 4 is 21.6 Å². The van der Waals surface area contributed by atoms with Crippen molar-refractivity contribution in [2.45, 2.75) is 17.9 Å². The number of anilines is 1. The van der Waals surface area contributed by atoms with Gasteiger partial charge in [0.05, 0.1) is 11.5 Å². The zero-order chi connectivity index (χ0) is 18.4. The van der Waals surface area contributed by atoms with Crippen LogP contribution in [-0.4, -0.2) is 44.3 Å². The predicted octanol–water partition coefficient (Wildman–Crippen LogP) is 0.335. The predicted molar refractivity (Wildman–Crippen MR) is 90.9 cm³/mol. The van der Waals surface area contributed by atoms with E-state index >= 15 is 0 Å². The Morgan fingerprint density at radius 2 is 1.92 bits per heavy atom. The smallest absolute Gasteiger partial charge is 0.276 e. The van der Waals surface area contributed by atoms with E-state index in [4.69, 9.17) is 4.74 Å². The van der Waals surface area contributed by atoms with Crippen molar-refractivity contribution in [1.29, 1.82) is 0 Å². The summed E-state index contributed by atoms with van der Waals surface area (Å²) in [5.74, 6) is -0.529. The van der Waals surface area contributed by atoms with Gasteiger partial charge < -0.3 is 10.1 Å². The molecule has 2 rings (SSSR count). The van der Waals surface area contributed by atoms with Gasteiger partial charge in [0.1, 0.15) is 5.69 Å². The molecule has 0 radical (unpaired) electrons. The van der Waals surface area contributed by atoms with Crippen LogP contribution in [0, 0.1) is 0 Å². The number of nitrogens with zero attached hydrogens (tertiary/aromatic N) is 1. The van der Waals surface area contributed by atoms with Gasteiger partial charge >= 0.3 is 0 Å². The van der Waals surface area contributed by atoms with Crippen LogP contribution >= 0.6 is 0 Å². The maximum absolute atomic E-state index is 12.2. The van der Waals surface area contributed by atoms with Gasteiger partial charge in [0.25, 0.3) is 11.5 Å². The average molecular weight is 366 g/mol. The van der Waals surface area contributed by atoms with Gasteiger partial charge in [-0.15, -0.1) is 0 Å². The number of carbonyl (C=O) groups excluding carboxylic acids is 1. The SMILES string of the molecule is COC[C@H](C)NS(=O)(=O)c1ccc(NC(=O)c2ccc(=O)[nH]n2)cc1. The second-order valence-electron chi connectivity index (χ2n) is 5.26. The lowest BCUT2D eigenvalue weighted by molar-refractivity contribution is 0.102. The van der Waals surface area contributed by atoms with Gasteiger partial charge in [-0.3, -0.25) is 9.59 Å². The van der Waals surface area contributed by atoms with Crippen molar-refractivity contribution in [3.63, 3.8) is 0 Å². The maximum atomic E-state index is 12.2. The van der Waals surface area contributed by atoms with E-state index in [0.29, 0.717) is 5.69 Å². The van der Waals surface area contributed by atoms with E-state index in [9.17, 15) is 18.0 Å². The molecule has 3 N–H and O–H groups in total. The summed E-state index contributed by atoms with van der Waals surface area (Å²) in [5, 5.41) is 8.33. The van der Waals surface area contributed by atoms with Crippen molar-refractivity contribution in [3.05, 3.63) is 52.4 Å². The molecule has 2 aromatic rings. The molecule has 1 aromatic heterocycles. The van der Waals surface area contributed by atoms with Crippen molar-refractivity contribution in [2.75, 3.05) is 19.0 Å². The summed E-state index contributed by atoms with van der Waals surface area (Å²) in [6, 6.07) is 7.76. The van der Waals surface area contributed by atoms with Gasteiger partial charge in [-0.2, -0.15) is 5.10 Å². The molecule has 1 amide bonds. The number of sulfonamides is 1. The molecule has 0 saturated carbocycles. The van der Waals surface area contributed by atoms with Gasteiger partial charge in [-0.25, -0.2) is 18.2 Å². The molecule has 0 saturated heterocycles. The van der Waals surface area contributed by atoms with Crippen molar-refractivity contribution in [3.8, 4) is 0 Å². The molecular weight excluding hydrogens is 348 g/mol. The minimum Gasteiger partial charge on any atom is -0.383 e. The number of nitrogens with one attached hydrogen (secondary N) is 3. The first-order chi connectivity index (χ1) is 11.8. The molecule has 0 spiro atoms. The fraction of sp³-hybridized carbons (Fsp3) is 0.267. The fourth-order valence-electron chi connectivity index (χ4n) is 2.00. The van der Waals surface area contributed by atoms with E-state index in [-0.39, 0.29) is 23.2 Å². The van der Waals surface area contributed by atoms with Crippen LogP contribution in [0.3, 0.4) is 0 Å². The van der Waals surface area contributed by atoms with Gasteiger partial charge in [0.15, 0.2) is 0 Å². The van der Waals surface area contributed by atoms with Gasteiger partial charge in [0.2, 0.25) is 10.0 Å². The summed E-state index contributed by atoms with van der Waals surface area (Å²) in [5.41, 5.74) is 0.00885. The van der Waals surface area contributed by atoms with E-state index in [1.54, 1.807) is 6.92 Å². The van der Waals surface area contributed by atoms with Crippen molar-refractivity contribution < 1.29 is 17.9 Å². The molecule has 10 heteroatoms.